The summed E-state index contributed by atoms with van der Waals surface area (Å²) in [6.07, 6.45) is 0. The molecule has 31 heavy (non-hydrogen) atoms. The molecule has 0 aromatic rings. The van der Waals surface area contributed by atoms with Crippen molar-refractivity contribution < 1.29 is 752 Å². The van der Waals surface area contributed by atoms with Crippen LogP contribution in [0.3, 0.4) is 0 Å². The van der Waals surface area contributed by atoms with Crippen LogP contribution in [0.25, 0.3) is 0 Å². The molecular formula is C8H28Y23-4. The summed E-state index contributed by atoms with van der Waals surface area (Å²) in [5.74, 6) is 0. The van der Waals surface area contributed by atoms with Gasteiger partial charge in [0.05, 0.1) is 0 Å². The minimum Gasteiger partial charge on any atom is -0.358 e. The molecule has 0 bridgehead atoms. The van der Waals surface area contributed by atoms with Crippen LogP contribution in [0.2, 0.25) is 0 Å². The van der Waals surface area contributed by atoms with Crippen molar-refractivity contribution in [3.05, 3.63) is 29.7 Å². The Kier molecular flexibility index (Phi) is 2200. The molecule has 0 N–H and O–H groups in total. The first kappa shape index (κ1) is 268. The van der Waals surface area contributed by atoms with Crippen LogP contribution >= 0.6 is 0 Å². The standard InChI is InChI=1S/4CH4.4CH3.23Y/h4*1H4;4*1H3;;;;;;;;;;;;;;;;;;;;;;;/q;;;;4*-1;;;;;;;;;;;;;;;;;;;;;;;. The van der Waals surface area contributed by atoms with E-state index in [1.807, 2.05) is 0 Å². The predicted octanol–water partition coefficient (Wildman–Crippen LogP) is 4.29. The molecule has 23 heteroatoms. The minimum atomic E-state index is 0. The number of rotatable bonds is 0. The van der Waals surface area contributed by atoms with E-state index in [1.165, 1.54) is 0 Å². The molecule has 133 valence electrons. The first-order chi connectivity index (χ1) is 0. The van der Waals surface area contributed by atoms with Crippen LogP contribution in [0.1, 0.15) is 29.7 Å². The molecule has 0 amide bonds. The van der Waals surface area contributed by atoms with E-state index in [2.05, 4.69) is 0 Å². The first-order valence-electron chi connectivity index (χ1n) is 0. The van der Waals surface area contributed by atoms with Gasteiger partial charge in [-0.05, 0) is 0 Å². The Morgan fingerprint density at radius 3 is 0.0968 bits per heavy atom. The summed E-state index contributed by atoms with van der Waals surface area (Å²) < 4.78 is 0. The average molecular weight is 2170 g/mol. The van der Waals surface area contributed by atoms with E-state index >= 15 is 0 Å². The van der Waals surface area contributed by atoms with E-state index in [0.717, 1.165) is 0 Å². The van der Waals surface area contributed by atoms with Gasteiger partial charge in [0.2, 0.25) is 0 Å². The molecule has 0 unspecified atom stereocenters. The van der Waals surface area contributed by atoms with Gasteiger partial charge in [0.25, 0.3) is 0 Å². The molecule has 0 fully saturated rings. The average Bonchev–Trinajstić information content (AvgIpc) is 0. The van der Waals surface area contributed by atoms with Crippen molar-refractivity contribution in [2.75, 3.05) is 0 Å². The molecule has 0 spiro atoms. The minimum absolute atomic E-state index is 0. The van der Waals surface area contributed by atoms with E-state index in [4.69, 9.17) is 0 Å². The maximum atomic E-state index is 0. The summed E-state index contributed by atoms with van der Waals surface area (Å²) >= 11 is 0. The van der Waals surface area contributed by atoms with Gasteiger partial charge in [-0.3, -0.25) is 0 Å². The van der Waals surface area contributed by atoms with E-state index < -0.39 is 0 Å². The SMILES string of the molecule is C.C.C.C.[CH3-].[CH3-].[CH3-].[CH3-].[Y].[Y].[Y].[Y].[Y].[Y].[Y].[Y].[Y].[Y].[Y].[Y].[Y].[Y].[Y].[Y].[Y].[Y].[Y].[Y].[Y].[Y].[Y]. The summed E-state index contributed by atoms with van der Waals surface area (Å²) in [5.41, 5.74) is 0. The third-order valence-corrected chi connectivity index (χ3v) is 0. The van der Waals surface area contributed by atoms with Crippen LogP contribution < -0.4 is 0 Å². The Bertz CT molecular complexity index is 25.5. The van der Waals surface area contributed by atoms with Gasteiger partial charge in [0.15, 0.2) is 0 Å². The van der Waals surface area contributed by atoms with Gasteiger partial charge >= 0.3 is 0 Å². The third kappa shape index (κ3) is 245. The zero-order valence-corrected chi connectivity index (χ0v) is 82.6. The van der Waals surface area contributed by atoms with E-state index in [-0.39, 0.29) is 812 Å². The van der Waals surface area contributed by atoms with E-state index in [9.17, 15) is 0 Å². The summed E-state index contributed by atoms with van der Waals surface area (Å²) in [6.45, 7) is 0. The second-order valence-corrected chi connectivity index (χ2v) is 0. The molecule has 0 aromatic carbocycles. The molecule has 0 aliphatic carbocycles. The smallest absolute Gasteiger partial charge is 0 e. The molecule has 0 heterocycles. The second kappa shape index (κ2) is 254. The van der Waals surface area contributed by atoms with Gasteiger partial charge in [-0.1, -0.05) is 29.7 Å². The molecule has 0 aliphatic rings. The zero-order valence-electron chi connectivity index (χ0n) is 17.3. The van der Waals surface area contributed by atoms with E-state index in [1.54, 1.807) is 0 Å². The fourth-order valence-electron chi connectivity index (χ4n) is 0. The number of hydrogen-bond donors (Lipinski definition) is 0. The van der Waals surface area contributed by atoms with Crippen LogP contribution in [0, 0.1) is 29.7 Å². The normalized spacial score (nSPS) is 0. The molecule has 0 aliphatic heterocycles. The van der Waals surface area contributed by atoms with Crippen LogP contribution in [0.5, 0.6) is 0 Å². The second-order valence-electron chi connectivity index (χ2n) is 0. The summed E-state index contributed by atoms with van der Waals surface area (Å²) in [5, 5.41) is 0. The maximum absolute atomic E-state index is 0. The largest absolute Gasteiger partial charge is 0.358 e. The Balaban J connectivity index is 0. The summed E-state index contributed by atoms with van der Waals surface area (Å²) in [6, 6.07) is 0. The van der Waals surface area contributed by atoms with Gasteiger partial charge in [0.1, 0.15) is 0 Å². The maximum Gasteiger partial charge on any atom is 0 e. The quantitative estimate of drug-likeness (QED) is 0.319. The van der Waals surface area contributed by atoms with Gasteiger partial charge in [0, 0.05) is 752 Å². The van der Waals surface area contributed by atoms with Gasteiger partial charge < -0.3 is 29.7 Å². The third-order valence-electron chi connectivity index (χ3n) is 0. The van der Waals surface area contributed by atoms with Crippen LogP contribution in [-0.2, 0) is 752 Å². The molecule has 0 aromatic heterocycles. The van der Waals surface area contributed by atoms with Crippen LogP contribution in [0.4, 0.5) is 0 Å². The Labute approximate surface area is 782 Å². The fraction of sp³-hybridized carbons (Fsp3) is 0.500. The molecule has 0 nitrogen and oxygen atoms in total. The van der Waals surface area contributed by atoms with Crippen molar-refractivity contribution >= 4 is 0 Å². The predicted molar refractivity (Wildman–Crippen MR) is 52.6 cm³/mol. The van der Waals surface area contributed by atoms with Crippen molar-refractivity contribution in [1.82, 2.24) is 0 Å². The van der Waals surface area contributed by atoms with Crippen LogP contribution in [-0.4, -0.2) is 0 Å². The van der Waals surface area contributed by atoms with Gasteiger partial charge in [-0.15, -0.1) is 0 Å². The number of hydrogen-bond acceptors (Lipinski definition) is 0. The van der Waals surface area contributed by atoms with Crippen molar-refractivity contribution in [3.63, 3.8) is 0 Å². The Morgan fingerprint density at radius 2 is 0.0968 bits per heavy atom. The van der Waals surface area contributed by atoms with Crippen molar-refractivity contribution in [1.29, 1.82) is 0 Å². The van der Waals surface area contributed by atoms with Crippen molar-refractivity contribution in [3.8, 4) is 0 Å². The monoisotopic (exact) mass is 2170 g/mol. The zero-order chi connectivity index (χ0) is 0. The van der Waals surface area contributed by atoms with Crippen LogP contribution in [0.15, 0.2) is 0 Å². The van der Waals surface area contributed by atoms with Gasteiger partial charge in [-0.2, -0.15) is 0 Å². The summed E-state index contributed by atoms with van der Waals surface area (Å²) in [7, 11) is 0. The molecule has 0 saturated carbocycles. The molecule has 0 saturated heterocycles. The molecular weight excluding hydrogens is 2140 g/mol. The van der Waals surface area contributed by atoms with Crippen molar-refractivity contribution in [2.45, 2.75) is 29.7 Å². The molecule has 0 atom stereocenters. The van der Waals surface area contributed by atoms with E-state index in [0.29, 0.717) is 0 Å². The Hall–Kier alpha value is 25.4. The fourth-order valence-corrected chi connectivity index (χ4v) is 0. The molecule has 0 rings (SSSR count). The summed E-state index contributed by atoms with van der Waals surface area (Å²) in [4.78, 5) is 0. The van der Waals surface area contributed by atoms with Gasteiger partial charge in [-0.25, -0.2) is 0 Å². The van der Waals surface area contributed by atoms with Crippen molar-refractivity contribution in [2.24, 2.45) is 0 Å². The first-order valence-corrected chi connectivity index (χ1v) is 0. The Morgan fingerprint density at radius 1 is 0.0968 bits per heavy atom. The topological polar surface area (TPSA) is 0 Å². The molecule has 23 radical (unpaired) electrons.